The average molecular weight is 251 g/mol. The van der Waals surface area contributed by atoms with Gasteiger partial charge in [-0.05, 0) is 11.5 Å². The lowest BCUT2D eigenvalue weighted by molar-refractivity contribution is -0.384. The number of nitrogens with zero attached hydrogens (tertiary/aromatic N) is 1. The van der Waals surface area contributed by atoms with E-state index in [1.54, 1.807) is 0 Å². The minimum absolute atomic E-state index is 0.0879. The van der Waals surface area contributed by atoms with Gasteiger partial charge in [-0.25, -0.2) is 0 Å². The zero-order chi connectivity index (χ0) is 13.8. The van der Waals surface area contributed by atoms with Crippen LogP contribution in [0, 0.1) is 15.5 Å². The second-order valence-corrected chi connectivity index (χ2v) is 4.92. The fourth-order valence-electron chi connectivity index (χ4n) is 1.34. The van der Waals surface area contributed by atoms with Crippen LogP contribution in [0.4, 0.5) is 5.69 Å². The molecule has 1 rings (SSSR count). The van der Waals surface area contributed by atoms with Crippen LogP contribution in [-0.2, 0) is 4.79 Å². The molecular weight excluding hydrogens is 234 g/mol. The number of benzene rings is 1. The lowest BCUT2D eigenvalue weighted by atomic mass is 9.87. The number of carbonyl (C=O) groups excluding carboxylic acids is 1. The zero-order valence-corrected chi connectivity index (χ0v) is 10.8. The molecule has 0 saturated heterocycles. The highest BCUT2D eigenvalue weighted by Crippen LogP contribution is 2.26. The number of esters is 1. The number of nitro benzene ring substituents is 1. The maximum atomic E-state index is 11.7. The quantitative estimate of drug-likeness (QED) is 0.348. The van der Waals surface area contributed by atoms with E-state index < -0.39 is 4.92 Å². The lowest BCUT2D eigenvalue weighted by Gasteiger charge is -2.20. The highest BCUT2D eigenvalue weighted by Gasteiger charge is 2.21. The Balaban J connectivity index is 2.70. The second-order valence-electron chi connectivity index (χ2n) is 4.92. The van der Waals surface area contributed by atoms with Crippen molar-refractivity contribution in [3.05, 3.63) is 34.4 Å². The van der Waals surface area contributed by atoms with Gasteiger partial charge in [0.2, 0.25) is 0 Å². The van der Waals surface area contributed by atoms with Crippen LogP contribution in [0.2, 0.25) is 0 Å². The van der Waals surface area contributed by atoms with E-state index in [1.807, 2.05) is 20.8 Å². The smallest absolute Gasteiger partial charge is 0.311 e. The van der Waals surface area contributed by atoms with Gasteiger partial charge in [0.25, 0.3) is 5.69 Å². The Hall–Kier alpha value is -1.91. The molecular formula is C13H17NO4. The van der Waals surface area contributed by atoms with Crippen molar-refractivity contribution in [1.29, 1.82) is 0 Å². The molecule has 0 amide bonds. The first kappa shape index (κ1) is 14.2. The third-order valence-corrected chi connectivity index (χ3v) is 2.84. The molecule has 1 aromatic rings. The summed E-state index contributed by atoms with van der Waals surface area (Å²) in [6.07, 6.45) is 1.14. The lowest BCUT2D eigenvalue weighted by Crippen LogP contribution is -2.19. The second kappa shape index (κ2) is 5.62. The van der Waals surface area contributed by atoms with Crippen molar-refractivity contribution >= 4 is 11.7 Å². The number of hydrogen-bond acceptors (Lipinski definition) is 4. The largest absolute Gasteiger partial charge is 0.426 e. The van der Waals surface area contributed by atoms with Crippen molar-refractivity contribution in [1.82, 2.24) is 0 Å². The van der Waals surface area contributed by atoms with Crippen molar-refractivity contribution in [2.24, 2.45) is 5.41 Å². The Morgan fingerprint density at radius 3 is 2.67 bits per heavy atom. The third-order valence-electron chi connectivity index (χ3n) is 2.84. The van der Waals surface area contributed by atoms with E-state index in [0.717, 1.165) is 6.42 Å². The molecule has 0 bridgehead atoms. The van der Waals surface area contributed by atoms with Crippen LogP contribution in [-0.4, -0.2) is 10.9 Å². The summed E-state index contributed by atoms with van der Waals surface area (Å²) in [5, 5.41) is 10.6. The molecule has 0 aliphatic rings. The Bertz CT molecular complexity index is 454. The maximum absolute atomic E-state index is 11.7. The number of rotatable bonds is 5. The van der Waals surface area contributed by atoms with Crippen LogP contribution < -0.4 is 4.74 Å². The van der Waals surface area contributed by atoms with Gasteiger partial charge in [0.05, 0.1) is 17.4 Å². The Kier molecular flexibility index (Phi) is 4.42. The number of nitro groups is 1. The minimum Gasteiger partial charge on any atom is -0.426 e. The van der Waals surface area contributed by atoms with E-state index in [0.29, 0.717) is 0 Å². The van der Waals surface area contributed by atoms with Crippen LogP contribution in [0.3, 0.4) is 0 Å². The van der Waals surface area contributed by atoms with E-state index in [2.05, 4.69) is 0 Å². The Morgan fingerprint density at radius 2 is 2.11 bits per heavy atom. The zero-order valence-electron chi connectivity index (χ0n) is 10.8. The molecule has 98 valence electrons. The summed E-state index contributed by atoms with van der Waals surface area (Å²) < 4.78 is 5.10. The SMILES string of the molecule is CCC(C)(C)CC(=O)Oc1cccc([N+](=O)[O-])c1. The standard InChI is InChI=1S/C13H17NO4/c1-4-13(2,3)9-12(15)18-11-7-5-6-10(8-11)14(16)17/h5-8H,4,9H2,1-3H3. The highest BCUT2D eigenvalue weighted by molar-refractivity contribution is 5.73. The third kappa shape index (κ3) is 4.16. The van der Waals surface area contributed by atoms with Gasteiger partial charge < -0.3 is 4.74 Å². The Morgan fingerprint density at radius 1 is 1.44 bits per heavy atom. The molecule has 0 aliphatic heterocycles. The van der Waals surface area contributed by atoms with Crippen LogP contribution in [0.5, 0.6) is 5.75 Å². The van der Waals surface area contributed by atoms with Gasteiger partial charge in [0.15, 0.2) is 0 Å². The van der Waals surface area contributed by atoms with Crippen molar-refractivity contribution in [2.45, 2.75) is 33.6 Å². The maximum Gasteiger partial charge on any atom is 0.311 e. The monoisotopic (exact) mass is 251 g/mol. The first-order chi connectivity index (χ1) is 8.34. The predicted octanol–water partition coefficient (Wildman–Crippen LogP) is 3.33. The summed E-state index contributed by atoms with van der Waals surface area (Å²) in [7, 11) is 0. The van der Waals surface area contributed by atoms with Gasteiger partial charge in [-0.2, -0.15) is 0 Å². The number of ether oxygens (including phenoxy) is 1. The van der Waals surface area contributed by atoms with E-state index in [-0.39, 0.29) is 29.2 Å². The topological polar surface area (TPSA) is 69.4 Å². The van der Waals surface area contributed by atoms with Crippen molar-refractivity contribution in [3.8, 4) is 5.75 Å². The molecule has 0 atom stereocenters. The summed E-state index contributed by atoms with van der Waals surface area (Å²) in [4.78, 5) is 21.7. The highest BCUT2D eigenvalue weighted by atomic mass is 16.6. The van der Waals surface area contributed by atoms with E-state index in [4.69, 9.17) is 4.74 Å². The molecule has 0 unspecified atom stereocenters. The number of carbonyl (C=O) groups is 1. The van der Waals surface area contributed by atoms with Gasteiger partial charge in [0.1, 0.15) is 5.75 Å². The van der Waals surface area contributed by atoms with Crippen LogP contribution in [0.25, 0.3) is 0 Å². The molecule has 5 nitrogen and oxygen atoms in total. The van der Waals surface area contributed by atoms with Crippen molar-refractivity contribution in [3.63, 3.8) is 0 Å². The summed E-state index contributed by atoms with van der Waals surface area (Å²) in [6, 6.07) is 5.62. The van der Waals surface area contributed by atoms with E-state index >= 15 is 0 Å². The molecule has 0 aromatic heterocycles. The van der Waals surface area contributed by atoms with Gasteiger partial charge in [-0.1, -0.05) is 33.3 Å². The fraction of sp³-hybridized carbons (Fsp3) is 0.462. The molecule has 0 N–H and O–H groups in total. The molecule has 0 radical (unpaired) electrons. The molecule has 5 heteroatoms. The molecule has 18 heavy (non-hydrogen) atoms. The molecule has 0 heterocycles. The van der Waals surface area contributed by atoms with Gasteiger partial charge >= 0.3 is 5.97 Å². The van der Waals surface area contributed by atoms with Crippen LogP contribution >= 0.6 is 0 Å². The van der Waals surface area contributed by atoms with Gasteiger partial charge in [-0.3, -0.25) is 14.9 Å². The Labute approximate surface area is 106 Å². The van der Waals surface area contributed by atoms with Gasteiger partial charge in [-0.15, -0.1) is 0 Å². The van der Waals surface area contributed by atoms with E-state index in [1.165, 1.54) is 24.3 Å². The average Bonchev–Trinajstić information content (AvgIpc) is 2.28. The van der Waals surface area contributed by atoms with Crippen molar-refractivity contribution < 1.29 is 14.5 Å². The normalized spacial score (nSPS) is 11.1. The molecule has 0 fully saturated rings. The first-order valence-electron chi connectivity index (χ1n) is 5.79. The fourth-order valence-corrected chi connectivity index (χ4v) is 1.34. The van der Waals surface area contributed by atoms with Crippen LogP contribution in [0.15, 0.2) is 24.3 Å². The van der Waals surface area contributed by atoms with Crippen LogP contribution in [0.1, 0.15) is 33.6 Å². The van der Waals surface area contributed by atoms with Crippen molar-refractivity contribution in [2.75, 3.05) is 0 Å². The molecule has 0 saturated carbocycles. The summed E-state index contributed by atoms with van der Waals surface area (Å²) >= 11 is 0. The molecule has 0 spiro atoms. The predicted molar refractivity (Wildman–Crippen MR) is 67.4 cm³/mol. The van der Waals surface area contributed by atoms with E-state index in [9.17, 15) is 14.9 Å². The summed E-state index contributed by atoms with van der Waals surface area (Å²) in [5.41, 5.74) is -0.215. The first-order valence-corrected chi connectivity index (χ1v) is 5.79. The molecule has 0 aliphatic carbocycles. The molecule has 1 aromatic carbocycles. The number of non-ortho nitro benzene ring substituents is 1. The number of hydrogen-bond donors (Lipinski definition) is 0. The minimum atomic E-state index is -0.521. The summed E-state index contributed by atoms with van der Waals surface area (Å²) in [6.45, 7) is 5.95. The van der Waals surface area contributed by atoms with Gasteiger partial charge in [0, 0.05) is 6.07 Å². The summed E-state index contributed by atoms with van der Waals surface area (Å²) in [5.74, 6) is -0.163.